The van der Waals surface area contributed by atoms with Crippen LogP contribution in [0, 0.1) is 5.92 Å². The lowest BCUT2D eigenvalue weighted by Gasteiger charge is -2.27. The molecule has 0 radical (unpaired) electrons. The Morgan fingerprint density at radius 1 is 1.36 bits per heavy atom. The van der Waals surface area contributed by atoms with E-state index in [0.29, 0.717) is 6.42 Å². The van der Waals surface area contributed by atoms with E-state index in [0.717, 1.165) is 0 Å². The third-order valence-electron chi connectivity index (χ3n) is 1.97. The number of sulfone groups is 1. The predicted molar refractivity (Wildman–Crippen MR) is 54.7 cm³/mol. The first-order valence-corrected chi connectivity index (χ1v) is 6.51. The molecular formula is C9H17NO3S. The molecular weight excluding hydrogens is 202 g/mol. The largest absolute Gasteiger partial charge is 0.351 e. The number of carbonyl (C=O) groups excluding carboxylic acids is 1. The number of carbonyl (C=O) groups is 1. The number of hydrogen-bond acceptors (Lipinski definition) is 3. The van der Waals surface area contributed by atoms with Gasteiger partial charge in [-0.25, -0.2) is 8.42 Å². The highest BCUT2D eigenvalue weighted by Gasteiger charge is 2.34. The van der Waals surface area contributed by atoms with Gasteiger partial charge in [-0.2, -0.15) is 0 Å². The Labute approximate surface area is 85.0 Å². The molecule has 0 aromatic rings. The molecule has 5 heteroatoms. The Bertz CT molecular complexity index is 314. The number of hydrogen-bond donors (Lipinski definition) is 1. The van der Waals surface area contributed by atoms with Gasteiger partial charge in [-0.3, -0.25) is 4.79 Å². The van der Waals surface area contributed by atoms with Crippen LogP contribution in [-0.2, 0) is 14.6 Å². The van der Waals surface area contributed by atoms with Crippen LogP contribution in [0.25, 0.3) is 0 Å². The summed E-state index contributed by atoms with van der Waals surface area (Å²) in [5, 5.41) is 2.81. The van der Waals surface area contributed by atoms with Crippen LogP contribution in [0.4, 0.5) is 0 Å². The van der Waals surface area contributed by atoms with Gasteiger partial charge in [0.25, 0.3) is 0 Å². The molecule has 1 aliphatic heterocycles. The van der Waals surface area contributed by atoms with Crippen molar-refractivity contribution in [2.45, 2.75) is 32.7 Å². The van der Waals surface area contributed by atoms with Gasteiger partial charge in [0.05, 0.1) is 11.5 Å². The van der Waals surface area contributed by atoms with Gasteiger partial charge in [0.15, 0.2) is 9.84 Å². The normalized spacial score (nSPS) is 21.4. The Hall–Kier alpha value is -0.580. The first-order valence-electron chi connectivity index (χ1n) is 4.69. The zero-order chi connectivity index (χ0) is 11.0. The van der Waals surface area contributed by atoms with Crippen LogP contribution >= 0.6 is 0 Å². The average molecular weight is 219 g/mol. The molecule has 1 N–H and O–H groups in total. The minimum Gasteiger partial charge on any atom is -0.351 e. The molecule has 1 heterocycles. The second kappa shape index (κ2) is 3.53. The van der Waals surface area contributed by atoms with E-state index in [2.05, 4.69) is 5.32 Å². The first kappa shape index (κ1) is 11.5. The third-order valence-corrected chi connectivity index (χ3v) is 3.93. The quantitative estimate of drug-likeness (QED) is 0.728. The molecule has 0 saturated carbocycles. The Morgan fingerprint density at radius 3 is 2.21 bits per heavy atom. The molecule has 1 fully saturated rings. The van der Waals surface area contributed by atoms with Gasteiger partial charge in [0.2, 0.25) is 5.91 Å². The van der Waals surface area contributed by atoms with E-state index in [1.807, 2.05) is 20.8 Å². The van der Waals surface area contributed by atoms with Crippen molar-refractivity contribution < 1.29 is 13.2 Å². The van der Waals surface area contributed by atoms with E-state index in [-0.39, 0.29) is 28.9 Å². The van der Waals surface area contributed by atoms with Crippen LogP contribution in [0.3, 0.4) is 0 Å². The second-order valence-electron chi connectivity index (χ2n) is 4.95. The van der Waals surface area contributed by atoms with Crippen molar-refractivity contribution in [1.82, 2.24) is 5.32 Å². The van der Waals surface area contributed by atoms with Crippen LogP contribution in [0.2, 0.25) is 0 Å². The highest BCUT2D eigenvalue weighted by Crippen LogP contribution is 2.21. The molecule has 0 unspecified atom stereocenters. The molecule has 14 heavy (non-hydrogen) atoms. The zero-order valence-electron chi connectivity index (χ0n) is 8.83. The minimum absolute atomic E-state index is 0.0300. The van der Waals surface area contributed by atoms with E-state index >= 15 is 0 Å². The lowest BCUT2D eigenvalue weighted by Crippen LogP contribution is -2.45. The summed E-state index contributed by atoms with van der Waals surface area (Å²) in [7, 11) is -2.80. The molecule has 4 nitrogen and oxygen atoms in total. The maximum absolute atomic E-state index is 11.4. The maximum Gasteiger partial charge on any atom is 0.220 e. The summed E-state index contributed by atoms with van der Waals surface area (Å²) in [5.41, 5.74) is -0.236. The van der Waals surface area contributed by atoms with Crippen molar-refractivity contribution in [1.29, 1.82) is 0 Å². The molecule has 0 aromatic heterocycles. The Kier molecular flexibility index (Phi) is 2.90. The van der Waals surface area contributed by atoms with Crippen molar-refractivity contribution in [2.24, 2.45) is 5.92 Å². The van der Waals surface area contributed by atoms with E-state index in [9.17, 15) is 13.2 Å². The van der Waals surface area contributed by atoms with Gasteiger partial charge in [-0.15, -0.1) is 0 Å². The average Bonchev–Trinajstić information content (AvgIpc) is 1.76. The fraction of sp³-hybridized carbons (Fsp3) is 0.889. The lowest BCUT2D eigenvalue weighted by atomic mass is 10.1. The summed E-state index contributed by atoms with van der Waals surface area (Å²) in [4.78, 5) is 11.4. The zero-order valence-corrected chi connectivity index (χ0v) is 9.65. The van der Waals surface area contributed by atoms with Crippen LogP contribution in [0.5, 0.6) is 0 Å². The van der Waals surface area contributed by atoms with E-state index in [1.54, 1.807) is 0 Å². The van der Waals surface area contributed by atoms with Gasteiger partial charge < -0.3 is 5.32 Å². The fourth-order valence-corrected chi connectivity index (χ4v) is 3.09. The number of nitrogens with one attached hydrogen (secondary N) is 1. The fourth-order valence-electron chi connectivity index (χ4n) is 1.52. The molecule has 1 saturated heterocycles. The van der Waals surface area contributed by atoms with Crippen LogP contribution in [0.15, 0.2) is 0 Å². The van der Waals surface area contributed by atoms with Crippen molar-refractivity contribution in [2.75, 3.05) is 11.5 Å². The Balaban J connectivity index is 2.30. The lowest BCUT2D eigenvalue weighted by molar-refractivity contribution is -0.123. The van der Waals surface area contributed by atoms with Crippen molar-refractivity contribution in [3.63, 3.8) is 0 Å². The molecule has 0 bridgehead atoms. The molecule has 82 valence electrons. The van der Waals surface area contributed by atoms with Gasteiger partial charge in [-0.1, -0.05) is 0 Å². The van der Waals surface area contributed by atoms with E-state index in [1.165, 1.54) is 0 Å². The first-order chi connectivity index (χ1) is 6.18. The summed E-state index contributed by atoms with van der Waals surface area (Å²) >= 11 is 0. The highest BCUT2D eigenvalue weighted by molar-refractivity contribution is 7.92. The molecule has 0 aromatic carbocycles. The number of amides is 1. The SMILES string of the molecule is CC(C)(C)NC(=O)CC1CS(=O)(=O)C1. The summed E-state index contributed by atoms with van der Waals surface area (Å²) in [5.74, 6) is 0.314. The molecule has 1 aliphatic rings. The highest BCUT2D eigenvalue weighted by atomic mass is 32.2. The number of rotatable bonds is 2. The van der Waals surface area contributed by atoms with Gasteiger partial charge in [0, 0.05) is 12.0 Å². The standard InChI is InChI=1S/C9H17NO3S/c1-9(2,3)10-8(11)4-7-5-14(12,13)6-7/h7H,4-6H2,1-3H3,(H,10,11). The van der Waals surface area contributed by atoms with E-state index in [4.69, 9.17) is 0 Å². The monoisotopic (exact) mass is 219 g/mol. The topological polar surface area (TPSA) is 63.2 Å². The summed E-state index contributed by atoms with van der Waals surface area (Å²) in [6.07, 6.45) is 0.330. The van der Waals surface area contributed by atoms with Gasteiger partial charge >= 0.3 is 0 Å². The molecule has 0 atom stereocenters. The maximum atomic E-state index is 11.4. The summed E-state index contributed by atoms with van der Waals surface area (Å²) in [6.45, 7) is 5.72. The van der Waals surface area contributed by atoms with Crippen molar-refractivity contribution in [3.8, 4) is 0 Å². The van der Waals surface area contributed by atoms with Crippen molar-refractivity contribution >= 4 is 15.7 Å². The van der Waals surface area contributed by atoms with Crippen molar-refractivity contribution in [3.05, 3.63) is 0 Å². The summed E-state index contributed by atoms with van der Waals surface area (Å²) in [6, 6.07) is 0. The molecule has 1 rings (SSSR count). The van der Waals surface area contributed by atoms with Crippen LogP contribution < -0.4 is 5.32 Å². The van der Waals surface area contributed by atoms with E-state index < -0.39 is 9.84 Å². The van der Waals surface area contributed by atoms with Crippen LogP contribution in [-0.4, -0.2) is 31.4 Å². The summed E-state index contributed by atoms with van der Waals surface area (Å²) < 4.78 is 21.7. The molecule has 0 aliphatic carbocycles. The smallest absolute Gasteiger partial charge is 0.220 e. The predicted octanol–water partition coefficient (Wildman–Crippen LogP) is 0.336. The van der Waals surface area contributed by atoms with Gasteiger partial charge in [-0.05, 0) is 26.7 Å². The second-order valence-corrected chi connectivity index (χ2v) is 7.10. The third kappa shape index (κ3) is 3.65. The Morgan fingerprint density at radius 2 is 1.86 bits per heavy atom. The molecule has 1 amide bonds. The van der Waals surface area contributed by atoms with Gasteiger partial charge in [0.1, 0.15) is 0 Å². The minimum atomic E-state index is -2.80. The van der Waals surface area contributed by atoms with Crippen LogP contribution in [0.1, 0.15) is 27.2 Å². The molecule has 0 spiro atoms.